The fraction of sp³-hybridized carbons (Fsp3) is 0.188. The van der Waals surface area contributed by atoms with Crippen molar-refractivity contribution < 1.29 is 9.53 Å². The summed E-state index contributed by atoms with van der Waals surface area (Å²) in [6.07, 6.45) is 1.97. The predicted molar refractivity (Wildman–Crippen MR) is 84.0 cm³/mol. The van der Waals surface area contributed by atoms with Gasteiger partial charge >= 0.3 is 0 Å². The number of carbonyl (C=O) groups is 1. The molecule has 0 bridgehead atoms. The van der Waals surface area contributed by atoms with Crippen molar-refractivity contribution in [2.75, 3.05) is 12.4 Å². The lowest BCUT2D eigenvalue weighted by Crippen LogP contribution is -2.15. The number of hydrogen-bond donors (Lipinski definition) is 2. The van der Waals surface area contributed by atoms with Crippen LogP contribution in [-0.2, 0) is 11.2 Å². The highest BCUT2D eigenvalue weighted by atomic mass is 16.5. The summed E-state index contributed by atoms with van der Waals surface area (Å²) >= 11 is 0. The third-order valence-electron chi connectivity index (χ3n) is 3.37. The number of rotatable bonds is 4. The van der Waals surface area contributed by atoms with Crippen LogP contribution in [0.3, 0.4) is 0 Å². The maximum absolute atomic E-state index is 12.1. The Morgan fingerprint density at radius 1 is 1.32 bits per heavy atom. The Labute approximate surface area is 127 Å². The summed E-state index contributed by atoms with van der Waals surface area (Å²) < 4.78 is 5.16. The number of fused-ring (bicyclic) bond motifs is 1. The van der Waals surface area contributed by atoms with Crippen molar-refractivity contribution in [1.29, 1.82) is 0 Å². The fourth-order valence-electron chi connectivity index (χ4n) is 2.19. The normalized spacial score (nSPS) is 10.6. The van der Waals surface area contributed by atoms with Crippen LogP contribution in [0.25, 0.3) is 10.9 Å². The highest BCUT2D eigenvalue weighted by Crippen LogP contribution is 2.24. The number of nitrogens with one attached hydrogen (secondary N) is 2. The van der Waals surface area contributed by atoms with Gasteiger partial charge in [-0.15, -0.1) is 0 Å². The van der Waals surface area contributed by atoms with Gasteiger partial charge in [0.15, 0.2) is 5.82 Å². The molecule has 1 aromatic carbocycles. The van der Waals surface area contributed by atoms with Gasteiger partial charge in [0, 0.05) is 23.3 Å². The van der Waals surface area contributed by atoms with Gasteiger partial charge in [0.2, 0.25) is 5.91 Å². The van der Waals surface area contributed by atoms with Crippen molar-refractivity contribution in [3.63, 3.8) is 0 Å². The molecule has 2 N–H and O–H groups in total. The van der Waals surface area contributed by atoms with Gasteiger partial charge in [0.05, 0.1) is 19.0 Å². The van der Waals surface area contributed by atoms with Gasteiger partial charge < -0.3 is 10.1 Å². The molecular formula is C16H16N4O2. The van der Waals surface area contributed by atoms with Gasteiger partial charge in [-0.1, -0.05) is 6.07 Å². The summed E-state index contributed by atoms with van der Waals surface area (Å²) in [5.41, 5.74) is 2.60. The third-order valence-corrected chi connectivity index (χ3v) is 3.37. The smallest absolute Gasteiger partial charge is 0.230 e. The van der Waals surface area contributed by atoms with E-state index in [1.54, 1.807) is 13.3 Å². The van der Waals surface area contributed by atoms with Crippen LogP contribution in [0.2, 0.25) is 0 Å². The van der Waals surface area contributed by atoms with Crippen LogP contribution in [0.1, 0.15) is 11.3 Å². The molecule has 22 heavy (non-hydrogen) atoms. The third kappa shape index (κ3) is 2.90. The average Bonchev–Trinajstić information content (AvgIpc) is 2.91. The zero-order valence-corrected chi connectivity index (χ0v) is 12.4. The van der Waals surface area contributed by atoms with Crippen LogP contribution in [0, 0.1) is 6.92 Å². The molecule has 0 spiro atoms. The van der Waals surface area contributed by atoms with E-state index >= 15 is 0 Å². The van der Waals surface area contributed by atoms with Gasteiger partial charge in [-0.05, 0) is 30.7 Å². The number of pyridine rings is 1. The first-order chi connectivity index (χ1) is 10.7. The number of benzene rings is 1. The minimum absolute atomic E-state index is 0.130. The highest BCUT2D eigenvalue weighted by molar-refractivity contribution is 6.00. The molecule has 0 saturated heterocycles. The zero-order chi connectivity index (χ0) is 15.5. The predicted octanol–water partition coefficient (Wildman–Crippen LogP) is 2.46. The van der Waals surface area contributed by atoms with Gasteiger partial charge in [-0.25, -0.2) is 0 Å². The molecule has 0 atom stereocenters. The van der Waals surface area contributed by atoms with Crippen molar-refractivity contribution in [3.8, 4) is 5.75 Å². The Morgan fingerprint density at radius 2 is 2.18 bits per heavy atom. The Bertz CT molecular complexity index is 809. The number of aromatic nitrogens is 3. The number of ether oxygens (including phenoxy) is 1. The van der Waals surface area contributed by atoms with Crippen LogP contribution in [0.4, 0.5) is 5.82 Å². The number of H-pyrrole nitrogens is 1. The Kier molecular flexibility index (Phi) is 3.74. The standard InChI is InChI=1S/C16H16N4O2/c1-10-3-4-11(9-17-10)7-15(21)18-16-13-6-5-12(22-2)8-14(13)19-20-16/h3-6,8-9H,7H2,1-2H3,(H2,18,19,20,21). The summed E-state index contributed by atoms with van der Waals surface area (Å²) in [4.78, 5) is 16.3. The fourth-order valence-corrected chi connectivity index (χ4v) is 2.19. The van der Waals surface area contributed by atoms with Crippen molar-refractivity contribution in [3.05, 3.63) is 47.8 Å². The van der Waals surface area contributed by atoms with Crippen LogP contribution in [0.15, 0.2) is 36.5 Å². The lowest BCUT2D eigenvalue weighted by Gasteiger charge is -2.03. The molecule has 6 heteroatoms. The van der Waals surface area contributed by atoms with Crippen LogP contribution in [-0.4, -0.2) is 28.2 Å². The van der Waals surface area contributed by atoms with E-state index in [1.807, 2.05) is 37.3 Å². The summed E-state index contributed by atoms with van der Waals surface area (Å²) in [5, 5.41) is 10.7. The molecule has 0 aliphatic rings. The van der Waals surface area contributed by atoms with Gasteiger partial charge in [0.1, 0.15) is 5.75 Å². The number of anilines is 1. The summed E-state index contributed by atoms with van der Waals surface area (Å²) in [6, 6.07) is 9.31. The number of hydrogen-bond acceptors (Lipinski definition) is 4. The van der Waals surface area contributed by atoms with E-state index in [2.05, 4.69) is 20.5 Å². The molecular weight excluding hydrogens is 280 g/mol. The molecule has 3 aromatic rings. The lowest BCUT2D eigenvalue weighted by molar-refractivity contribution is -0.115. The van der Waals surface area contributed by atoms with E-state index in [0.717, 1.165) is 27.9 Å². The second kappa shape index (κ2) is 5.85. The topological polar surface area (TPSA) is 79.9 Å². The number of aryl methyl sites for hydroxylation is 1. The van der Waals surface area contributed by atoms with Crippen molar-refractivity contribution in [1.82, 2.24) is 15.2 Å². The molecule has 2 aromatic heterocycles. The van der Waals surface area contributed by atoms with Crippen LogP contribution in [0.5, 0.6) is 5.75 Å². The molecule has 2 heterocycles. The first-order valence-electron chi connectivity index (χ1n) is 6.89. The monoisotopic (exact) mass is 296 g/mol. The molecule has 0 aliphatic carbocycles. The maximum atomic E-state index is 12.1. The quantitative estimate of drug-likeness (QED) is 0.775. The SMILES string of the molecule is COc1ccc2c(NC(=O)Cc3ccc(C)nc3)n[nH]c2c1. The molecule has 0 saturated carbocycles. The van der Waals surface area contributed by atoms with E-state index in [-0.39, 0.29) is 12.3 Å². The minimum atomic E-state index is -0.130. The number of aromatic amines is 1. The van der Waals surface area contributed by atoms with Crippen molar-refractivity contribution >= 4 is 22.6 Å². The van der Waals surface area contributed by atoms with Crippen molar-refractivity contribution in [2.45, 2.75) is 13.3 Å². The van der Waals surface area contributed by atoms with E-state index in [1.165, 1.54) is 0 Å². The largest absolute Gasteiger partial charge is 0.497 e. The summed E-state index contributed by atoms with van der Waals surface area (Å²) in [5.74, 6) is 1.12. The summed E-state index contributed by atoms with van der Waals surface area (Å²) in [6.45, 7) is 1.91. The molecule has 6 nitrogen and oxygen atoms in total. The van der Waals surface area contributed by atoms with Crippen LogP contribution >= 0.6 is 0 Å². The maximum Gasteiger partial charge on any atom is 0.230 e. The van der Waals surface area contributed by atoms with Gasteiger partial charge in [-0.2, -0.15) is 5.10 Å². The Balaban J connectivity index is 1.75. The minimum Gasteiger partial charge on any atom is -0.497 e. The number of carbonyl (C=O) groups excluding carboxylic acids is 1. The summed E-state index contributed by atoms with van der Waals surface area (Å²) in [7, 11) is 1.61. The van der Waals surface area contributed by atoms with E-state index in [9.17, 15) is 4.79 Å². The Hall–Kier alpha value is -2.89. The molecule has 0 fully saturated rings. The molecule has 1 amide bonds. The van der Waals surface area contributed by atoms with Crippen LogP contribution < -0.4 is 10.1 Å². The van der Waals surface area contributed by atoms with E-state index < -0.39 is 0 Å². The van der Waals surface area contributed by atoms with Crippen molar-refractivity contribution in [2.24, 2.45) is 0 Å². The number of amides is 1. The Morgan fingerprint density at radius 3 is 2.91 bits per heavy atom. The van der Waals surface area contributed by atoms with E-state index in [4.69, 9.17) is 4.74 Å². The average molecular weight is 296 g/mol. The van der Waals surface area contributed by atoms with Gasteiger partial charge in [0.25, 0.3) is 0 Å². The first kappa shape index (κ1) is 14.1. The van der Waals surface area contributed by atoms with Gasteiger partial charge in [-0.3, -0.25) is 14.9 Å². The molecule has 0 aliphatic heterocycles. The zero-order valence-electron chi connectivity index (χ0n) is 12.4. The van der Waals surface area contributed by atoms with E-state index in [0.29, 0.717) is 5.82 Å². The second-order valence-electron chi connectivity index (χ2n) is 5.02. The first-order valence-corrected chi connectivity index (χ1v) is 6.89. The molecule has 3 rings (SSSR count). The second-order valence-corrected chi connectivity index (χ2v) is 5.02. The number of methoxy groups -OCH3 is 1. The molecule has 0 radical (unpaired) electrons. The lowest BCUT2D eigenvalue weighted by atomic mass is 10.2. The molecule has 112 valence electrons. The molecule has 0 unspecified atom stereocenters. The highest BCUT2D eigenvalue weighted by Gasteiger charge is 2.10. The number of nitrogens with zero attached hydrogens (tertiary/aromatic N) is 2.